The van der Waals surface area contributed by atoms with Gasteiger partial charge in [0.1, 0.15) is 0 Å². The molecule has 18 heavy (non-hydrogen) atoms. The van der Waals surface area contributed by atoms with Crippen LogP contribution in [0.3, 0.4) is 0 Å². The summed E-state index contributed by atoms with van der Waals surface area (Å²) in [5.41, 5.74) is 0. The van der Waals surface area contributed by atoms with Gasteiger partial charge in [-0.05, 0) is 0 Å². The second-order valence-corrected chi connectivity index (χ2v) is 11.8. The number of hydrogen-bond acceptors (Lipinski definition) is 10. The van der Waals surface area contributed by atoms with Crippen LogP contribution in [0.4, 0.5) is 0 Å². The van der Waals surface area contributed by atoms with Crippen molar-refractivity contribution in [3.63, 3.8) is 0 Å². The van der Waals surface area contributed by atoms with Crippen molar-refractivity contribution in [2.45, 2.75) is 10.5 Å². The predicted molar refractivity (Wildman–Crippen MR) is 76.8 cm³/mol. The van der Waals surface area contributed by atoms with Crippen LogP contribution in [0.2, 0.25) is 0 Å². The standard InChI is InChI=1S/C6H12O6S6/c7-17(8,9)3-5-1-13-14-2-6(16-15-5)4-18(10,11)12/h5-6H,1-4H2,(H,7,8,9)(H,10,11,12)/p-2. The fraction of sp³-hybridized carbons (Fsp3) is 1.00. The van der Waals surface area contributed by atoms with Gasteiger partial charge >= 0.3 is 0 Å². The molecule has 2 atom stereocenters. The Morgan fingerprint density at radius 2 is 1.17 bits per heavy atom. The highest BCUT2D eigenvalue weighted by molar-refractivity contribution is 8.80. The van der Waals surface area contributed by atoms with Gasteiger partial charge in [0.25, 0.3) is 0 Å². The Morgan fingerprint density at radius 1 is 0.833 bits per heavy atom. The third kappa shape index (κ3) is 8.40. The molecule has 0 N–H and O–H groups in total. The largest absolute Gasteiger partial charge is 0.748 e. The van der Waals surface area contributed by atoms with Crippen molar-refractivity contribution in [3.8, 4) is 0 Å². The molecule has 6 nitrogen and oxygen atoms in total. The summed E-state index contributed by atoms with van der Waals surface area (Å²) < 4.78 is 64.0. The van der Waals surface area contributed by atoms with Gasteiger partial charge in [-0.3, -0.25) is 0 Å². The molecule has 0 saturated carbocycles. The van der Waals surface area contributed by atoms with E-state index in [1.54, 1.807) is 0 Å². The Hall–Kier alpha value is 1.22. The lowest BCUT2D eigenvalue weighted by molar-refractivity contribution is 0.460. The molecule has 0 aliphatic carbocycles. The van der Waals surface area contributed by atoms with Gasteiger partial charge in [0, 0.05) is 22.0 Å². The van der Waals surface area contributed by atoms with E-state index in [9.17, 15) is 25.9 Å². The highest BCUT2D eigenvalue weighted by Gasteiger charge is 2.22. The van der Waals surface area contributed by atoms with Crippen LogP contribution in [0, 0.1) is 0 Å². The molecule has 0 amide bonds. The normalized spacial score (nSPS) is 27.4. The van der Waals surface area contributed by atoms with Gasteiger partial charge in [-0.1, -0.05) is 43.2 Å². The summed E-state index contributed by atoms with van der Waals surface area (Å²) in [5.74, 6) is 0.0471. The third-order valence-electron chi connectivity index (χ3n) is 1.70. The minimum Gasteiger partial charge on any atom is -0.748 e. The van der Waals surface area contributed by atoms with Gasteiger partial charge in [0.05, 0.1) is 31.7 Å². The molecule has 2 unspecified atom stereocenters. The molecule has 12 heteroatoms. The summed E-state index contributed by atoms with van der Waals surface area (Å²) in [6, 6.07) is 0. The van der Waals surface area contributed by atoms with Crippen molar-refractivity contribution in [2.75, 3.05) is 23.0 Å². The minimum atomic E-state index is -4.29. The van der Waals surface area contributed by atoms with Gasteiger partial charge < -0.3 is 9.11 Å². The summed E-state index contributed by atoms with van der Waals surface area (Å²) in [5, 5.41) is -0.765. The van der Waals surface area contributed by atoms with Crippen molar-refractivity contribution in [3.05, 3.63) is 0 Å². The Bertz CT molecular complexity index is 413. The first-order chi connectivity index (χ1) is 8.16. The average molecular weight is 371 g/mol. The summed E-state index contributed by atoms with van der Waals surface area (Å²) in [4.78, 5) is 0. The number of rotatable bonds is 4. The monoisotopic (exact) mass is 370 g/mol. The average Bonchev–Trinajstić information content (AvgIpc) is 2.12. The predicted octanol–water partition coefficient (Wildman–Crippen LogP) is 0.590. The lowest BCUT2D eigenvalue weighted by atomic mass is 10.5. The van der Waals surface area contributed by atoms with Crippen LogP contribution >= 0.6 is 43.2 Å². The molecule has 0 radical (unpaired) electrons. The molecule has 1 aliphatic rings. The molecule has 1 rings (SSSR count). The summed E-state index contributed by atoms with van der Waals surface area (Å²) >= 11 is 0. The number of hydrogen-bond donors (Lipinski definition) is 0. The summed E-state index contributed by atoms with van der Waals surface area (Å²) in [6.07, 6.45) is 0. The molecule has 1 saturated heterocycles. The van der Waals surface area contributed by atoms with E-state index < -0.39 is 31.7 Å². The van der Waals surface area contributed by atoms with Crippen LogP contribution < -0.4 is 0 Å². The van der Waals surface area contributed by atoms with Crippen LogP contribution in [-0.2, 0) is 20.2 Å². The molecular weight excluding hydrogens is 360 g/mol. The van der Waals surface area contributed by atoms with E-state index in [-0.39, 0.29) is 10.5 Å². The van der Waals surface area contributed by atoms with E-state index in [1.165, 1.54) is 43.2 Å². The van der Waals surface area contributed by atoms with E-state index in [1.807, 2.05) is 0 Å². The smallest absolute Gasteiger partial charge is 0.0957 e. The van der Waals surface area contributed by atoms with Crippen LogP contribution in [0.25, 0.3) is 0 Å². The SMILES string of the molecule is O=S(=O)([O-])CC1CSSCC(CS(=O)(=O)[O-])SS1. The molecule has 1 fully saturated rings. The van der Waals surface area contributed by atoms with E-state index in [4.69, 9.17) is 0 Å². The lowest BCUT2D eigenvalue weighted by Crippen LogP contribution is -2.24. The van der Waals surface area contributed by atoms with E-state index in [0.29, 0.717) is 11.5 Å². The Kier molecular flexibility index (Phi) is 7.00. The zero-order chi connectivity index (χ0) is 13.8. The molecule has 1 heterocycles. The fourth-order valence-electron chi connectivity index (χ4n) is 1.07. The molecule has 0 aromatic carbocycles. The Balaban J connectivity index is 2.55. The first-order valence-corrected chi connectivity index (χ1v) is 12.5. The van der Waals surface area contributed by atoms with Crippen molar-refractivity contribution >= 4 is 63.4 Å². The topological polar surface area (TPSA) is 114 Å². The van der Waals surface area contributed by atoms with Crippen LogP contribution in [0.15, 0.2) is 0 Å². The molecule has 0 aromatic heterocycles. The van der Waals surface area contributed by atoms with Crippen LogP contribution in [0.1, 0.15) is 0 Å². The summed E-state index contributed by atoms with van der Waals surface area (Å²) in [6.45, 7) is 0. The van der Waals surface area contributed by atoms with Crippen LogP contribution in [-0.4, -0.2) is 59.5 Å². The van der Waals surface area contributed by atoms with Crippen LogP contribution in [0.5, 0.6) is 0 Å². The maximum absolute atomic E-state index is 10.7. The van der Waals surface area contributed by atoms with Gasteiger partial charge in [-0.15, -0.1) is 0 Å². The van der Waals surface area contributed by atoms with Crippen molar-refractivity contribution in [1.82, 2.24) is 0 Å². The van der Waals surface area contributed by atoms with Crippen molar-refractivity contribution < 1.29 is 25.9 Å². The molecule has 0 spiro atoms. The Morgan fingerprint density at radius 3 is 1.44 bits per heavy atom. The van der Waals surface area contributed by atoms with Gasteiger partial charge in [0.2, 0.25) is 0 Å². The van der Waals surface area contributed by atoms with E-state index in [2.05, 4.69) is 0 Å². The molecule has 0 aromatic rings. The second-order valence-electron chi connectivity index (χ2n) is 3.45. The first-order valence-electron chi connectivity index (χ1n) is 4.59. The summed E-state index contributed by atoms with van der Waals surface area (Å²) in [7, 11) is -3.46. The lowest BCUT2D eigenvalue weighted by Gasteiger charge is -2.24. The maximum atomic E-state index is 10.7. The molecular formula is C6H10O6S6-2. The minimum absolute atomic E-state index is 0.382. The zero-order valence-corrected chi connectivity index (χ0v) is 13.8. The quantitative estimate of drug-likeness (QED) is 0.514. The zero-order valence-electron chi connectivity index (χ0n) is 8.88. The highest BCUT2D eigenvalue weighted by Crippen LogP contribution is 2.41. The van der Waals surface area contributed by atoms with Crippen molar-refractivity contribution in [1.29, 1.82) is 0 Å². The van der Waals surface area contributed by atoms with Gasteiger partial charge in [-0.2, -0.15) is 0 Å². The van der Waals surface area contributed by atoms with Crippen molar-refractivity contribution in [2.24, 2.45) is 0 Å². The van der Waals surface area contributed by atoms with E-state index >= 15 is 0 Å². The fourth-order valence-corrected chi connectivity index (χ4v) is 10.9. The molecule has 0 bridgehead atoms. The van der Waals surface area contributed by atoms with Gasteiger partial charge in [0.15, 0.2) is 0 Å². The van der Waals surface area contributed by atoms with Gasteiger partial charge in [-0.25, -0.2) is 16.8 Å². The molecule has 108 valence electrons. The van der Waals surface area contributed by atoms with E-state index in [0.717, 1.165) is 0 Å². The maximum Gasteiger partial charge on any atom is 0.0957 e. The first kappa shape index (κ1) is 17.3. The Labute approximate surface area is 122 Å². The third-order valence-corrected chi connectivity index (χ3v) is 10.0. The second kappa shape index (κ2) is 7.29. The highest BCUT2D eigenvalue weighted by atomic mass is 33.1. The molecule has 1 aliphatic heterocycles.